The molecule has 1 N–H and O–H groups in total. The van der Waals surface area contributed by atoms with Gasteiger partial charge < -0.3 is 10.2 Å². The monoisotopic (exact) mass is 292 g/mol. The Hall–Kier alpha value is -1.00. The number of nitrogens with zero attached hydrogens (tertiary/aromatic N) is 1. The number of carbonyl (C=O) groups excluding carboxylic acids is 1. The zero-order chi connectivity index (χ0) is 14.4. The number of amides is 1. The zero-order valence-electron chi connectivity index (χ0n) is 12.4. The van der Waals surface area contributed by atoms with Gasteiger partial charge >= 0.3 is 0 Å². The summed E-state index contributed by atoms with van der Waals surface area (Å²) in [6.07, 6.45) is 2.07. The van der Waals surface area contributed by atoms with Gasteiger partial charge in [-0.1, -0.05) is 26.0 Å². The fraction of sp³-hybridized carbons (Fsp3) is 0.562. The summed E-state index contributed by atoms with van der Waals surface area (Å²) in [6.45, 7) is 7.04. The van der Waals surface area contributed by atoms with E-state index in [-0.39, 0.29) is 5.91 Å². The van der Waals surface area contributed by atoms with Crippen LogP contribution in [0.15, 0.2) is 29.2 Å². The summed E-state index contributed by atoms with van der Waals surface area (Å²) in [6, 6.07) is 8.34. The van der Waals surface area contributed by atoms with Crippen LogP contribution in [0.3, 0.4) is 0 Å². The average molecular weight is 292 g/mol. The highest BCUT2D eigenvalue weighted by molar-refractivity contribution is 7.99. The Labute approximate surface area is 126 Å². The fourth-order valence-corrected chi connectivity index (χ4v) is 3.47. The average Bonchev–Trinajstić information content (AvgIpc) is 2.99. The van der Waals surface area contributed by atoms with Crippen LogP contribution in [0.5, 0.6) is 0 Å². The van der Waals surface area contributed by atoms with Gasteiger partial charge in [-0.2, -0.15) is 0 Å². The van der Waals surface area contributed by atoms with Crippen molar-refractivity contribution < 1.29 is 4.79 Å². The minimum Gasteiger partial charge on any atom is -0.334 e. The Morgan fingerprint density at radius 2 is 2.20 bits per heavy atom. The highest BCUT2D eigenvalue weighted by Gasteiger charge is 2.27. The van der Waals surface area contributed by atoms with Gasteiger partial charge in [-0.05, 0) is 37.3 Å². The Balaban J connectivity index is 2.22. The standard InChI is InChI=1S/C16H24N2OS/c1-3-11-18(13-9-10-17-12-13)16(19)14-7-5-6-8-15(14)20-4-2/h5-8,13,17H,3-4,9-12H2,1-2H3/t13-/m0/s1. The van der Waals surface area contributed by atoms with Crippen LogP contribution in [-0.2, 0) is 0 Å². The van der Waals surface area contributed by atoms with E-state index in [1.807, 2.05) is 18.2 Å². The first-order valence-corrected chi connectivity index (χ1v) is 8.50. The summed E-state index contributed by atoms with van der Waals surface area (Å²) in [5.41, 5.74) is 0.861. The van der Waals surface area contributed by atoms with Crippen LogP contribution in [0, 0.1) is 0 Å². The summed E-state index contributed by atoms with van der Waals surface area (Å²) in [4.78, 5) is 16.1. The van der Waals surface area contributed by atoms with E-state index < -0.39 is 0 Å². The molecule has 1 aromatic rings. The van der Waals surface area contributed by atoms with Crippen molar-refractivity contribution in [2.75, 3.05) is 25.4 Å². The van der Waals surface area contributed by atoms with Gasteiger partial charge in [0.15, 0.2) is 0 Å². The van der Waals surface area contributed by atoms with E-state index in [0.717, 1.165) is 48.7 Å². The molecule has 0 radical (unpaired) electrons. The Bertz CT molecular complexity index is 444. The number of nitrogens with one attached hydrogen (secondary N) is 1. The molecule has 110 valence electrons. The molecule has 1 aliphatic heterocycles. The highest BCUT2D eigenvalue weighted by atomic mass is 32.2. The fourth-order valence-electron chi connectivity index (χ4n) is 2.68. The second-order valence-electron chi connectivity index (χ2n) is 5.07. The highest BCUT2D eigenvalue weighted by Crippen LogP contribution is 2.25. The number of hydrogen-bond donors (Lipinski definition) is 1. The molecule has 1 fully saturated rings. The molecular weight excluding hydrogens is 268 g/mol. The molecule has 4 heteroatoms. The van der Waals surface area contributed by atoms with Gasteiger partial charge in [0.05, 0.1) is 5.56 Å². The summed E-state index contributed by atoms with van der Waals surface area (Å²) in [7, 11) is 0. The molecule has 1 aromatic carbocycles. The second kappa shape index (κ2) is 7.70. The molecule has 0 unspecified atom stereocenters. The molecule has 0 aliphatic carbocycles. The topological polar surface area (TPSA) is 32.3 Å². The molecule has 0 bridgehead atoms. The third-order valence-electron chi connectivity index (χ3n) is 3.62. The molecule has 1 saturated heterocycles. The summed E-state index contributed by atoms with van der Waals surface area (Å²) in [5.74, 6) is 1.18. The molecule has 20 heavy (non-hydrogen) atoms. The van der Waals surface area contributed by atoms with Crippen molar-refractivity contribution in [3.05, 3.63) is 29.8 Å². The number of carbonyl (C=O) groups is 1. The van der Waals surface area contributed by atoms with E-state index in [1.165, 1.54) is 0 Å². The van der Waals surface area contributed by atoms with Gasteiger partial charge in [-0.3, -0.25) is 4.79 Å². The van der Waals surface area contributed by atoms with Crippen molar-refractivity contribution in [2.24, 2.45) is 0 Å². The number of hydrogen-bond acceptors (Lipinski definition) is 3. The van der Waals surface area contributed by atoms with Crippen LogP contribution >= 0.6 is 11.8 Å². The SMILES string of the molecule is CCCN(C(=O)c1ccccc1SCC)[C@H]1CCNC1. The quantitative estimate of drug-likeness (QED) is 0.818. The van der Waals surface area contributed by atoms with E-state index in [9.17, 15) is 4.79 Å². The van der Waals surface area contributed by atoms with Crippen LogP contribution in [0.1, 0.15) is 37.0 Å². The summed E-state index contributed by atoms with van der Waals surface area (Å²) >= 11 is 1.75. The number of rotatable bonds is 6. The van der Waals surface area contributed by atoms with Crippen LogP contribution < -0.4 is 5.32 Å². The van der Waals surface area contributed by atoms with Crippen LogP contribution in [0.2, 0.25) is 0 Å². The minimum atomic E-state index is 0.192. The maximum Gasteiger partial charge on any atom is 0.255 e. The number of thioether (sulfide) groups is 1. The van der Waals surface area contributed by atoms with Gasteiger partial charge in [0.25, 0.3) is 5.91 Å². The van der Waals surface area contributed by atoms with Gasteiger partial charge in [0.2, 0.25) is 0 Å². The summed E-state index contributed by atoms with van der Waals surface area (Å²) in [5, 5.41) is 3.36. The van der Waals surface area contributed by atoms with E-state index in [1.54, 1.807) is 11.8 Å². The molecule has 1 amide bonds. The van der Waals surface area contributed by atoms with Gasteiger partial charge in [-0.15, -0.1) is 11.8 Å². The van der Waals surface area contributed by atoms with Crippen molar-refractivity contribution in [2.45, 2.75) is 37.6 Å². The molecule has 1 aliphatic rings. The van der Waals surface area contributed by atoms with E-state index >= 15 is 0 Å². The lowest BCUT2D eigenvalue weighted by atomic mass is 10.1. The largest absolute Gasteiger partial charge is 0.334 e. The van der Waals surface area contributed by atoms with Gasteiger partial charge in [-0.25, -0.2) is 0 Å². The van der Waals surface area contributed by atoms with Crippen LogP contribution in [-0.4, -0.2) is 42.2 Å². The zero-order valence-corrected chi connectivity index (χ0v) is 13.2. The normalized spacial score (nSPS) is 18.2. The first-order chi connectivity index (χ1) is 9.77. The summed E-state index contributed by atoms with van der Waals surface area (Å²) < 4.78 is 0. The van der Waals surface area contributed by atoms with Gasteiger partial charge in [0.1, 0.15) is 0 Å². The third kappa shape index (κ3) is 3.55. The lowest BCUT2D eigenvalue weighted by molar-refractivity contribution is 0.0688. The molecule has 1 heterocycles. The Kier molecular flexibility index (Phi) is 5.92. The van der Waals surface area contributed by atoms with Crippen molar-refractivity contribution >= 4 is 17.7 Å². The van der Waals surface area contributed by atoms with E-state index in [0.29, 0.717) is 6.04 Å². The molecule has 3 nitrogen and oxygen atoms in total. The Morgan fingerprint density at radius 3 is 2.85 bits per heavy atom. The molecule has 1 atom stereocenters. The Morgan fingerprint density at radius 1 is 1.40 bits per heavy atom. The van der Waals surface area contributed by atoms with Gasteiger partial charge in [0, 0.05) is 24.0 Å². The third-order valence-corrected chi connectivity index (χ3v) is 4.57. The second-order valence-corrected chi connectivity index (χ2v) is 6.38. The lowest BCUT2D eigenvalue weighted by Crippen LogP contribution is -2.42. The first kappa shape index (κ1) is 15.4. The minimum absolute atomic E-state index is 0.192. The smallest absolute Gasteiger partial charge is 0.255 e. The molecular formula is C16H24N2OS. The van der Waals surface area contributed by atoms with Crippen molar-refractivity contribution in [1.29, 1.82) is 0 Å². The van der Waals surface area contributed by atoms with Crippen molar-refractivity contribution in [1.82, 2.24) is 10.2 Å². The maximum atomic E-state index is 12.9. The number of benzene rings is 1. The maximum absolute atomic E-state index is 12.9. The predicted octanol–water partition coefficient (Wildman–Crippen LogP) is 3.01. The predicted molar refractivity (Wildman–Crippen MR) is 85.4 cm³/mol. The first-order valence-electron chi connectivity index (χ1n) is 7.51. The van der Waals surface area contributed by atoms with Crippen LogP contribution in [0.4, 0.5) is 0 Å². The van der Waals surface area contributed by atoms with Crippen molar-refractivity contribution in [3.63, 3.8) is 0 Å². The van der Waals surface area contributed by atoms with Crippen molar-refractivity contribution in [3.8, 4) is 0 Å². The lowest BCUT2D eigenvalue weighted by Gasteiger charge is -2.29. The molecule has 0 aromatic heterocycles. The molecule has 2 rings (SSSR count). The molecule has 0 saturated carbocycles. The van der Waals surface area contributed by atoms with E-state index in [4.69, 9.17) is 0 Å². The molecule has 0 spiro atoms. The van der Waals surface area contributed by atoms with Crippen LogP contribution in [0.25, 0.3) is 0 Å². The van der Waals surface area contributed by atoms with E-state index in [2.05, 4.69) is 30.1 Å².